The molecule has 0 aliphatic heterocycles. The molecule has 2 rings (SSSR count). The Morgan fingerprint density at radius 2 is 1.88 bits per heavy atom. The number of nitrogens with one attached hydrogen (secondary N) is 1. The molecule has 2 N–H and O–H groups in total. The molecule has 0 aliphatic rings. The molecule has 0 heterocycles. The minimum atomic E-state index is -0.656. The van der Waals surface area contributed by atoms with Gasteiger partial charge in [0.15, 0.2) is 0 Å². The first-order chi connectivity index (χ1) is 11.5. The monoisotopic (exact) mass is 333 g/mol. The number of aliphatic hydroxyl groups is 1. The second-order valence-corrected chi connectivity index (χ2v) is 5.74. The summed E-state index contributed by atoms with van der Waals surface area (Å²) in [5.41, 5.74) is 1.27. The van der Waals surface area contributed by atoms with Crippen LogP contribution >= 0.6 is 0 Å². The Balaban J connectivity index is 1.67. The summed E-state index contributed by atoms with van der Waals surface area (Å²) in [7, 11) is 0. The van der Waals surface area contributed by atoms with E-state index in [0.717, 1.165) is 23.8 Å². The zero-order valence-corrected chi connectivity index (χ0v) is 13.3. The summed E-state index contributed by atoms with van der Waals surface area (Å²) >= 11 is 0. The van der Waals surface area contributed by atoms with E-state index >= 15 is 0 Å². The van der Waals surface area contributed by atoms with E-state index in [1.165, 1.54) is 0 Å². The van der Waals surface area contributed by atoms with Crippen molar-refractivity contribution < 1.29 is 18.7 Å². The van der Waals surface area contributed by atoms with Crippen molar-refractivity contribution in [1.82, 2.24) is 5.32 Å². The zero-order valence-electron chi connectivity index (χ0n) is 13.3. The molecule has 0 fully saturated rings. The second-order valence-electron chi connectivity index (χ2n) is 5.74. The highest BCUT2D eigenvalue weighted by Gasteiger charge is 2.09. The van der Waals surface area contributed by atoms with Crippen molar-refractivity contribution in [2.24, 2.45) is 0 Å². The Morgan fingerprint density at radius 3 is 2.62 bits per heavy atom. The Bertz CT molecular complexity index is 662. The molecule has 0 aromatic heterocycles. The van der Waals surface area contributed by atoms with Gasteiger partial charge in [-0.25, -0.2) is 8.78 Å². The summed E-state index contributed by atoms with van der Waals surface area (Å²) in [4.78, 5) is 11.8. The maximum atomic E-state index is 13.5. The SMILES string of the molecule is O=C(CCCc1cc(F)ccc1F)NCC(O)Cc1ccccc1. The molecule has 0 saturated heterocycles. The summed E-state index contributed by atoms with van der Waals surface area (Å²) in [5.74, 6) is -1.16. The van der Waals surface area contributed by atoms with Gasteiger partial charge in [-0.1, -0.05) is 30.3 Å². The highest BCUT2D eigenvalue weighted by molar-refractivity contribution is 5.75. The van der Waals surface area contributed by atoms with E-state index < -0.39 is 17.7 Å². The average molecular weight is 333 g/mol. The quantitative estimate of drug-likeness (QED) is 0.780. The van der Waals surface area contributed by atoms with Gasteiger partial charge in [0.05, 0.1) is 6.10 Å². The van der Waals surface area contributed by atoms with Crippen LogP contribution in [-0.2, 0) is 17.6 Å². The van der Waals surface area contributed by atoms with Gasteiger partial charge in [0.1, 0.15) is 11.6 Å². The van der Waals surface area contributed by atoms with E-state index in [-0.39, 0.29) is 24.4 Å². The van der Waals surface area contributed by atoms with Crippen LogP contribution in [0.25, 0.3) is 0 Å². The van der Waals surface area contributed by atoms with Gasteiger partial charge >= 0.3 is 0 Å². The van der Waals surface area contributed by atoms with Crippen LogP contribution in [0.4, 0.5) is 8.78 Å². The smallest absolute Gasteiger partial charge is 0.220 e. The first-order valence-corrected chi connectivity index (χ1v) is 7.97. The standard InChI is InChI=1S/C19H21F2NO2/c20-16-9-10-18(21)15(12-16)7-4-8-19(24)22-13-17(23)11-14-5-2-1-3-6-14/h1-3,5-6,9-10,12,17,23H,4,7-8,11,13H2,(H,22,24). The number of carbonyl (C=O) groups excluding carboxylic acids is 1. The number of aliphatic hydroxyl groups excluding tert-OH is 1. The molecule has 0 spiro atoms. The molecule has 0 radical (unpaired) electrons. The molecule has 1 atom stereocenters. The van der Waals surface area contributed by atoms with Gasteiger partial charge in [0.2, 0.25) is 5.91 Å². The van der Waals surface area contributed by atoms with E-state index in [0.29, 0.717) is 19.3 Å². The maximum absolute atomic E-state index is 13.5. The number of hydrogen-bond acceptors (Lipinski definition) is 2. The lowest BCUT2D eigenvalue weighted by atomic mass is 10.1. The third-order valence-corrected chi connectivity index (χ3v) is 3.71. The average Bonchev–Trinajstić information content (AvgIpc) is 2.57. The summed E-state index contributed by atoms with van der Waals surface area (Å²) in [5, 5.41) is 12.6. The predicted octanol–water partition coefficient (Wildman–Crippen LogP) is 3.01. The molecule has 1 unspecified atom stereocenters. The number of aryl methyl sites for hydroxylation is 1. The van der Waals surface area contributed by atoms with Crippen LogP contribution in [0.3, 0.4) is 0 Å². The van der Waals surface area contributed by atoms with Gasteiger partial charge in [0.25, 0.3) is 0 Å². The van der Waals surface area contributed by atoms with E-state index in [1.807, 2.05) is 30.3 Å². The molecule has 5 heteroatoms. The lowest BCUT2D eigenvalue weighted by Gasteiger charge is -2.12. The van der Waals surface area contributed by atoms with Crippen molar-refractivity contribution in [2.75, 3.05) is 6.54 Å². The van der Waals surface area contributed by atoms with Crippen molar-refractivity contribution in [2.45, 2.75) is 31.8 Å². The van der Waals surface area contributed by atoms with Crippen LogP contribution in [0.5, 0.6) is 0 Å². The van der Waals surface area contributed by atoms with E-state index in [4.69, 9.17) is 0 Å². The fourth-order valence-electron chi connectivity index (χ4n) is 2.45. The minimum Gasteiger partial charge on any atom is -0.391 e. The fraction of sp³-hybridized carbons (Fsp3) is 0.316. The van der Waals surface area contributed by atoms with Crippen molar-refractivity contribution >= 4 is 5.91 Å². The summed E-state index contributed by atoms with van der Waals surface area (Å²) < 4.78 is 26.5. The molecule has 128 valence electrons. The van der Waals surface area contributed by atoms with E-state index in [1.54, 1.807) is 0 Å². The number of rotatable bonds is 8. The lowest BCUT2D eigenvalue weighted by Crippen LogP contribution is -2.33. The highest BCUT2D eigenvalue weighted by Crippen LogP contribution is 2.12. The van der Waals surface area contributed by atoms with Crippen LogP contribution in [0.1, 0.15) is 24.0 Å². The zero-order chi connectivity index (χ0) is 17.4. The number of amides is 1. The first-order valence-electron chi connectivity index (χ1n) is 7.97. The van der Waals surface area contributed by atoms with Gasteiger partial charge in [-0.2, -0.15) is 0 Å². The Labute approximate surface area is 140 Å². The number of halogens is 2. The van der Waals surface area contributed by atoms with Crippen LogP contribution in [-0.4, -0.2) is 23.7 Å². The molecule has 24 heavy (non-hydrogen) atoms. The molecule has 3 nitrogen and oxygen atoms in total. The Kier molecular flexibility index (Phi) is 6.88. The third kappa shape index (κ3) is 6.08. The molecular formula is C19H21F2NO2. The molecule has 0 bridgehead atoms. The van der Waals surface area contributed by atoms with Crippen molar-refractivity contribution in [3.8, 4) is 0 Å². The third-order valence-electron chi connectivity index (χ3n) is 3.71. The van der Waals surface area contributed by atoms with Crippen LogP contribution in [0.2, 0.25) is 0 Å². The van der Waals surface area contributed by atoms with Crippen LogP contribution < -0.4 is 5.32 Å². The number of hydrogen-bond donors (Lipinski definition) is 2. The van der Waals surface area contributed by atoms with Gasteiger partial charge in [-0.3, -0.25) is 4.79 Å². The molecule has 1 amide bonds. The van der Waals surface area contributed by atoms with Crippen LogP contribution in [0, 0.1) is 11.6 Å². The largest absolute Gasteiger partial charge is 0.391 e. The second kappa shape index (κ2) is 9.13. The van der Waals surface area contributed by atoms with Crippen molar-refractivity contribution in [1.29, 1.82) is 0 Å². The van der Waals surface area contributed by atoms with Gasteiger partial charge in [-0.05, 0) is 42.2 Å². The number of benzene rings is 2. The molecule has 0 saturated carbocycles. The summed E-state index contributed by atoms with van der Waals surface area (Å²) in [6, 6.07) is 12.8. The van der Waals surface area contributed by atoms with Gasteiger partial charge in [-0.15, -0.1) is 0 Å². The van der Waals surface area contributed by atoms with Gasteiger partial charge in [0, 0.05) is 19.4 Å². The summed E-state index contributed by atoms with van der Waals surface area (Å²) in [6.45, 7) is 0.169. The molecule has 2 aromatic rings. The topological polar surface area (TPSA) is 49.3 Å². The highest BCUT2D eigenvalue weighted by atomic mass is 19.1. The van der Waals surface area contributed by atoms with Crippen molar-refractivity contribution in [3.63, 3.8) is 0 Å². The summed E-state index contributed by atoms with van der Waals surface area (Å²) in [6.07, 6.45) is 0.728. The molecule has 2 aromatic carbocycles. The van der Waals surface area contributed by atoms with Gasteiger partial charge < -0.3 is 10.4 Å². The normalized spacial score (nSPS) is 12.0. The lowest BCUT2D eigenvalue weighted by molar-refractivity contribution is -0.121. The maximum Gasteiger partial charge on any atom is 0.220 e. The van der Waals surface area contributed by atoms with E-state index in [2.05, 4.69) is 5.32 Å². The minimum absolute atomic E-state index is 0.169. The molecular weight excluding hydrogens is 312 g/mol. The Morgan fingerprint density at radius 1 is 1.12 bits per heavy atom. The first kappa shape index (κ1) is 18.1. The number of carbonyl (C=O) groups is 1. The predicted molar refractivity (Wildman–Crippen MR) is 88.5 cm³/mol. The van der Waals surface area contributed by atoms with Crippen molar-refractivity contribution in [3.05, 3.63) is 71.3 Å². The fourth-order valence-corrected chi connectivity index (χ4v) is 2.45. The molecule has 0 aliphatic carbocycles. The van der Waals surface area contributed by atoms with Crippen LogP contribution in [0.15, 0.2) is 48.5 Å². The van der Waals surface area contributed by atoms with E-state index in [9.17, 15) is 18.7 Å². The Hall–Kier alpha value is -2.27.